The van der Waals surface area contributed by atoms with Gasteiger partial charge in [0.25, 0.3) is 0 Å². The van der Waals surface area contributed by atoms with E-state index in [1.807, 2.05) is 0 Å². The fraction of sp³-hybridized carbons (Fsp3) is 0. The standard InChI is InChI=1S/C9H5BrFNO2/c10-5-3-7-4(1-6(5)11)2-8(12-7)9(13)14/h1-3,12H,(H,13,14). The molecule has 72 valence electrons. The largest absolute Gasteiger partial charge is 0.477 e. The molecular weight excluding hydrogens is 253 g/mol. The highest BCUT2D eigenvalue weighted by Crippen LogP contribution is 2.23. The lowest BCUT2D eigenvalue weighted by atomic mass is 10.2. The van der Waals surface area contributed by atoms with Crippen LogP contribution in [-0.4, -0.2) is 16.1 Å². The molecule has 0 saturated heterocycles. The molecule has 2 N–H and O–H groups in total. The zero-order chi connectivity index (χ0) is 10.3. The van der Waals surface area contributed by atoms with E-state index in [2.05, 4.69) is 20.9 Å². The minimum absolute atomic E-state index is 0.0532. The van der Waals surface area contributed by atoms with Crippen molar-refractivity contribution in [3.63, 3.8) is 0 Å². The van der Waals surface area contributed by atoms with Gasteiger partial charge in [0.15, 0.2) is 0 Å². The number of hydrogen-bond donors (Lipinski definition) is 2. The average Bonchev–Trinajstić information content (AvgIpc) is 2.48. The molecule has 0 bridgehead atoms. The zero-order valence-corrected chi connectivity index (χ0v) is 8.43. The lowest BCUT2D eigenvalue weighted by Crippen LogP contribution is -1.94. The second kappa shape index (κ2) is 3.09. The van der Waals surface area contributed by atoms with Gasteiger partial charge in [-0.1, -0.05) is 0 Å². The maximum atomic E-state index is 13.1. The summed E-state index contributed by atoms with van der Waals surface area (Å²) in [7, 11) is 0. The Kier molecular flexibility index (Phi) is 2.03. The third kappa shape index (κ3) is 1.39. The second-order valence-corrected chi connectivity index (χ2v) is 3.70. The third-order valence-electron chi connectivity index (χ3n) is 1.89. The quantitative estimate of drug-likeness (QED) is 0.826. The minimum Gasteiger partial charge on any atom is -0.477 e. The molecule has 5 heteroatoms. The first-order chi connectivity index (χ1) is 6.58. The van der Waals surface area contributed by atoms with Crippen molar-refractivity contribution in [3.05, 3.63) is 34.2 Å². The number of aromatic carboxylic acids is 1. The molecule has 0 fully saturated rings. The van der Waals surface area contributed by atoms with Gasteiger partial charge in [-0.05, 0) is 34.1 Å². The van der Waals surface area contributed by atoms with Crippen molar-refractivity contribution in [1.82, 2.24) is 4.98 Å². The number of benzene rings is 1. The van der Waals surface area contributed by atoms with Crippen LogP contribution >= 0.6 is 15.9 Å². The fourth-order valence-corrected chi connectivity index (χ4v) is 1.59. The molecule has 0 atom stereocenters. The summed E-state index contributed by atoms with van der Waals surface area (Å²) in [4.78, 5) is 13.3. The van der Waals surface area contributed by atoms with Crippen LogP contribution in [0, 0.1) is 5.82 Å². The molecule has 0 radical (unpaired) electrons. The van der Waals surface area contributed by atoms with E-state index in [4.69, 9.17) is 5.11 Å². The lowest BCUT2D eigenvalue weighted by Gasteiger charge is -1.93. The summed E-state index contributed by atoms with van der Waals surface area (Å²) in [6, 6.07) is 4.19. The number of carboxylic acid groups (broad SMARTS) is 1. The Bertz CT molecular complexity index is 482. The highest BCUT2D eigenvalue weighted by atomic mass is 79.9. The maximum Gasteiger partial charge on any atom is 0.352 e. The van der Waals surface area contributed by atoms with Gasteiger partial charge in [-0.15, -0.1) is 0 Å². The zero-order valence-electron chi connectivity index (χ0n) is 6.84. The van der Waals surface area contributed by atoms with Crippen LogP contribution < -0.4 is 0 Å². The van der Waals surface area contributed by atoms with Gasteiger partial charge in [0.05, 0.1) is 4.47 Å². The molecule has 1 aromatic carbocycles. The predicted molar refractivity (Wildman–Crippen MR) is 52.9 cm³/mol. The van der Waals surface area contributed by atoms with E-state index >= 15 is 0 Å². The van der Waals surface area contributed by atoms with E-state index < -0.39 is 11.8 Å². The van der Waals surface area contributed by atoms with Gasteiger partial charge in [0.2, 0.25) is 0 Å². The number of carboxylic acids is 1. The number of H-pyrrole nitrogens is 1. The van der Waals surface area contributed by atoms with Crippen molar-refractivity contribution >= 4 is 32.8 Å². The third-order valence-corrected chi connectivity index (χ3v) is 2.50. The van der Waals surface area contributed by atoms with Gasteiger partial charge in [0, 0.05) is 10.9 Å². The van der Waals surface area contributed by atoms with Crippen molar-refractivity contribution < 1.29 is 14.3 Å². The van der Waals surface area contributed by atoms with Gasteiger partial charge in [-0.3, -0.25) is 0 Å². The molecule has 2 rings (SSSR count). The van der Waals surface area contributed by atoms with E-state index in [0.29, 0.717) is 15.4 Å². The van der Waals surface area contributed by atoms with Crippen LogP contribution in [0.2, 0.25) is 0 Å². The van der Waals surface area contributed by atoms with Crippen LogP contribution in [0.1, 0.15) is 10.5 Å². The molecule has 0 amide bonds. The van der Waals surface area contributed by atoms with E-state index in [-0.39, 0.29) is 5.69 Å². The predicted octanol–water partition coefficient (Wildman–Crippen LogP) is 2.77. The Balaban J connectivity index is 2.72. The molecule has 14 heavy (non-hydrogen) atoms. The second-order valence-electron chi connectivity index (χ2n) is 2.84. The van der Waals surface area contributed by atoms with Crippen LogP contribution in [0.25, 0.3) is 10.9 Å². The van der Waals surface area contributed by atoms with Crippen LogP contribution in [0.4, 0.5) is 4.39 Å². The van der Waals surface area contributed by atoms with Crippen LogP contribution in [0.15, 0.2) is 22.7 Å². The van der Waals surface area contributed by atoms with Gasteiger partial charge in [0.1, 0.15) is 11.5 Å². The summed E-state index contributed by atoms with van der Waals surface area (Å²) in [6.45, 7) is 0. The van der Waals surface area contributed by atoms with E-state index in [1.165, 1.54) is 18.2 Å². The Hall–Kier alpha value is -1.36. The van der Waals surface area contributed by atoms with Crippen molar-refractivity contribution in [3.8, 4) is 0 Å². The molecule has 0 saturated carbocycles. The first-order valence-corrected chi connectivity index (χ1v) is 4.58. The van der Waals surface area contributed by atoms with Gasteiger partial charge in [-0.2, -0.15) is 0 Å². The number of aromatic nitrogens is 1. The first kappa shape index (κ1) is 9.21. The number of halogens is 2. The molecule has 1 heterocycles. The van der Waals surface area contributed by atoms with Crippen molar-refractivity contribution in [2.24, 2.45) is 0 Å². The highest BCUT2D eigenvalue weighted by Gasteiger charge is 2.09. The average molecular weight is 258 g/mol. The topological polar surface area (TPSA) is 53.1 Å². The molecule has 0 spiro atoms. The maximum absolute atomic E-state index is 13.1. The summed E-state index contributed by atoms with van der Waals surface area (Å²) in [5.74, 6) is -1.47. The molecule has 3 nitrogen and oxygen atoms in total. The van der Waals surface area contributed by atoms with E-state index in [9.17, 15) is 9.18 Å². The van der Waals surface area contributed by atoms with Gasteiger partial charge >= 0.3 is 5.97 Å². The highest BCUT2D eigenvalue weighted by molar-refractivity contribution is 9.10. The van der Waals surface area contributed by atoms with Gasteiger partial charge in [-0.25, -0.2) is 9.18 Å². The van der Waals surface area contributed by atoms with Gasteiger partial charge < -0.3 is 10.1 Å². The Morgan fingerprint density at radius 2 is 2.14 bits per heavy atom. The molecular formula is C9H5BrFNO2. The summed E-state index contributed by atoms with van der Waals surface area (Å²) in [5, 5.41) is 9.23. The van der Waals surface area contributed by atoms with Crippen molar-refractivity contribution in [2.75, 3.05) is 0 Å². The first-order valence-electron chi connectivity index (χ1n) is 3.79. The van der Waals surface area contributed by atoms with Crippen LogP contribution in [0.5, 0.6) is 0 Å². The lowest BCUT2D eigenvalue weighted by molar-refractivity contribution is 0.0691. The summed E-state index contributed by atoms with van der Waals surface area (Å²) in [5.41, 5.74) is 0.646. The minimum atomic E-state index is -1.06. The number of rotatable bonds is 1. The molecule has 2 aromatic rings. The Morgan fingerprint density at radius 3 is 2.79 bits per heavy atom. The summed E-state index contributed by atoms with van der Waals surface area (Å²) < 4.78 is 13.4. The van der Waals surface area contributed by atoms with Crippen molar-refractivity contribution in [1.29, 1.82) is 0 Å². The molecule has 0 aliphatic heterocycles. The Labute approximate surface area is 86.7 Å². The van der Waals surface area contributed by atoms with Crippen LogP contribution in [0.3, 0.4) is 0 Å². The Morgan fingerprint density at radius 1 is 1.43 bits per heavy atom. The monoisotopic (exact) mass is 257 g/mol. The SMILES string of the molecule is O=C(O)c1cc2cc(F)c(Br)cc2[nH]1. The van der Waals surface area contributed by atoms with E-state index in [0.717, 1.165) is 0 Å². The van der Waals surface area contributed by atoms with E-state index in [1.54, 1.807) is 0 Å². The number of nitrogens with one attached hydrogen (secondary N) is 1. The normalized spacial score (nSPS) is 10.7. The van der Waals surface area contributed by atoms with Crippen molar-refractivity contribution in [2.45, 2.75) is 0 Å². The summed E-state index contributed by atoms with van der Waals surface area (Å²) in [6.07, 6.45) is 0. The van der Waals surface area contributed by atoms with Crippen LogP contribution in [-0.2, 0) is 0 Å². The smallest absolute Gasteiger partial charge is 0.352 e. The number of hydrogen-bond acceptors (Lipinski definition) is 1. The molecule has 0 unspecified atom stereocenters. The number of aromatic amines is 1. The molecule has 0 aliphatic carbocycles. The molecule has 1 aromatic heterocycles. The number of fused-ring (bicyclic) bond motifs is 1. The molecule has 0 aliphatic rings. The summed E-state index contributed by atoms with van der Waals surface area (Å²) >= 11 is 3.02. The fourth-order valence-electron chi connectivity index (χ4n) is 1.24. The number of carbonyl (C=O) groups is 1.